The minimum Gasteiger partial charge on any atom is -0.487 e. The van der Waals surface area contributed by atoms with Gasteiger partial charge in [0, 0.05) is 0 Å². The van der Waals surface area contributed by atoms with Crippen LogP contribution in [0.25, 0.3) is 6.08 Å². The zero-order chi connectivity index (χ0) is 21.1. The Kier molecular flexibility index (Phi) is 7.22. The molecular formula is C20H15I2NO5S. The minimum absolute atomic E-state index is 0.205. The highest BCUT2D eigenvalue weighted by atomic mass is 127. The van der Waals surface area contributed by atoms with E-state index in [0.29, 0.717) is 6.61 Å². The molecule has 0 spiro atoms. The van der Waals surface area contributed by atoms with Gasteiger partial charge in [-0.15, -0.1) is 0 Å². The summed E-state index contributed by atoms with van der Waals surface area (Å²) in [5.41, 5.74) is 3.00. The van der Waals surface area contributed by atoms with Crippen molar-refractivity contribution in [3.8, 4) is 5.75 Å². The Balaban J connectivity index is 1.77. The first kappa shape index (κ1) is 22.1. The number of aliphatic carboxylic acids is 1. The number of imide groups is 1. The van der Waals surface area contributed by atoms with Crippen molar-refractivity contribution in [1.82, 2.24) is 4.90 Å². The summed E-state index contributed by atoms with van der Waals surface area (Å²) in [7, 11) is 0. The van der Waals surface area contributed by atoms with Crippen LogP contribution in [0.15, 0.2) is 41.3 Å². The van der Waals surface area contributed by atoms with E-state index in [1.807, 2.05) is 43.3 Å². The first-order valence-electron chi connectivity index (χ1n) is 8.39. The molecule has 6 nitrogen and oxygen atoms in total. The summed E-state index contributed by atoms with van der Waals surface area (Å²) in [5.74, 6) is -1.07. The lowest BCUT2D eigenvalue weighted by atomic mass is 10.1. The van der Waals surface area contributed by atoms with Crippen molar-refractivity contribution in [2.24, 2.45) is 0 Å². The van der Waals surface area contributed by atoms with Crippen molar-refractivity contribution in [2.75, 3.05) is 6.54 Å². The summed E-state index contributed by atoms with van der Waals surface area (Å²) in [6, 6.07) is 11.8. The Morgan fingerprint density at radius 2 is 1.79 bits per heavy atom. The average Bonchev–Trinajstić information content (AvgIpc) is 2.89. The predicted octanol–water partition coefficient (Wildman–Crippen LogP) is 4.90. The van der Waals surface area contributed by atoms with Crippen LogP contribution in [0, 0.1) is 14.1 Å². The smallest absolute Gasteiger partial charge is 0.323 e. The van der Waals surface area contributed by atoms with Gasteiger partial charge in [-0.25, -0.2) is 0 Å². The van der Waals surface area contributed by atoms with Crippen molar-refractivity contribution >= 4 is 80.1 Å². The van der Waals surface area contributed by atoms with E-state index in [9.17, 15) is 14.4 Å². The lowest BCUT2D eigenvalue weighted by Crippen LogP contribution is -2.33. The highest BCUT2D eigenvalue weighted by Gasteiger charge is 2.36. The van der Waals surface area contributed by atoms with Gasteiger partial charge in [0.15, 0.2) is 0 Å². The summed E-state index contributed by atoms with van der Waals surface area (Å²) < 4.78 is 7.73. The Labute approximate surface area is 199 Å². The summed E-state index contributed by atoms with van der Waals surface area (Å²) >= 11 is 5.08. The number of thioether (sulfide) groups is 1. The second-order valence-corrected chi connectivity index (χ2v) is 9.57. The van der Waals surface area contributed by atoms with Gasteiger partial charge in [0.05, 0.1) is 12.0 Å². The van der Waals surface area contributed by atoms with Crippen molar-refractivity contribution in [3.05, 3.63) is 65.1 Å². The topological polar surface area (TPSA) is 83.9 Å². The van der Waals surface area contributed by atoms with Gasteiger partial charge in [0.2, 0.25) is 0 Å². The molecule has 0 bridgehead atoms. The van der Waals surface area contributed by atoms with Gasteiger partial charge in [-0.1, -0.05) is 29.8 Å². The number of hydrogen-bond donors (Lipinski definition) is 1. The number of ether oxygens (including phenoxy) is 1. The maximum Gasteiger partial charge on any atom is 0.323 e. The summed E-state index contributed by atoms with van der Waals surface area (Å²) in [4.78, 5) is 36.0. The van der Waals surface area contributed by atoms with Gasteiger partial charge >= 0.3 is 5.97 Å². The molecule has 1 heterocycles. The SMILES string of the molecule is Cc1ccc(COc2c(I)cc(/C=C3/SC(=O)N(CC(=O)O)C3=O)cc2I)cc1. The molecule has 2 amide bonds. The summed E-state index contributed by atoms with van der Waals surface area (Å²) in [6.07, 6.45) is 1.60. The fourth-order valence-corrected chi connectivity index (χ4v) is 5.53. The van der Waals surface area contributed by atoms with Crippen molar-refractivity contribution < 1.29 is 24.2 Å². The molecule has 1 saturated heterocycles. The fraction of sp³-hybridized carbons (Fsp3) is 0.150. The van der Waals surface area contributed by atoms with Gasteiger partial charge in [-0.2, -0.15) is 0 Å². The molecule has 1 N–H and O–H groups in total. The van der Waals surface area contributed by atoms with Crippen LogP contribution < -0.4 is 4.74 Å². The molecule has 1 aliphatic heterocycles. The molecule has 0 unspecified atom stereocenters. The zero-order valence-corrected chi connectivity index (χ0v) is 20.3. The van der Waals surface area contributed by atoms with Gasteiger partial charge < -0.3 is 9.84 Å². The molecule has 0 aromatic heterocycles. The summed E-state index contributed by atoms with van der Waals surface area (Å²) in [6.45, 7) is 1.84. The third kappa shape index (κ3) is 5.51. The first-order chi connectivity index (χ1) is 13.7. The standard InChI is InChI=1S/C20H15I2NO5S/c1-11-2-4-12(5-3-11)10-28-18-14(21)6-13(7-15(18)22)8-16-19(26)23(9-17(24)25)20(27)29-16/h2-8H,9-10H2,1H3,(H,24,25)/b16-8+. The van der Waals surface area contributed by atoms with Crippen LogP contribution in [0.5, 0.6) is 5.75 Å². The van der Waals surface area contributed by atoms with E-state index in [-0.39, 0.29) is 4.91 Å². The Bertz CT molecular complexity index is 997. The third-order valence-electron chi connectivity index (χ3n) is 3.99. The third-order valence-corrected chi connectivity index (χ3v) is 6.50. The molecule has 1 fully saturated rings. The maximum atomic E-state index is 12.3. The van der Waals surface area contributed by atoms with Gasteiger partial charge in [-0.05, 0) is 93.2 Å². The average molecular weight is 635 g/mol. The molecule has 0 saturated carbocycles. The molecule has 1 aliphatic rings. The van der Waals surface area contributed by atoms with Crippen LogP contribution in [0.2, 0.25) is 0 Å². The predicted molar refractivity (Wildman–Crippen MR) is 128 cm³/mol. The van der Waals surface area contributed by atoms with Crippen LogP contribution >= 0.6 is 56.9 Å². The number of carboxylic acid groups (broad SMARTS) is 1. The zero-order valence-electron chi connectivity index (χ0n) is 15.1. The molecule has 150 valence electrons. The molecular weight excluding hydrogens is 620 g/mol. The number of rotatable bonds is 6. The normalized spacial score (nSPS) is 15.3. The molecule has 29 heavy (non-hydrogen) atoms. The lowest BCUT2D eigenvalue weighted by Gasteiger charge is -2.12. The Morgan fingerprint density at radius 1 is 1.17 bits per heavy atom. The van der Waals surface area contributed by atoms with E-state index in [2.05, 4.69) is 45.2 Å². The second kappa shape index (κ2) is 9.47. The largest absolute Gasteiger partial charge is 0.487 e. The molecule has 0 atom stereocenters. The summed E-state index contributed by atoms with van der Waals surface area (Å²) in [5, 5.41) is 8.27. The number of carbonyl (C=O) groups excluding carboxylic acids is 2. The fourth-order valence-electron chi connectivity index (χ4n) is 2.56. The van der Waals surface area contributed by atoms with Gasteiger partial charge in [0.1, 0.15) is 18.9 Å². The quantitative estimate of drug-likeness (QED) is 0.359. The molecule has 0 radical (unpaired) electrons. The van der Waals surface area contributed by atoms with Crippen molar-refractivity contribution in [3.63, 3.8) is 0 Å². The number of benzene rings is 2. The highest BCUT2D eigenvalue weighted by molar-refractivity contribution is 14.1. The molecule has 2 aromatic carbocycles. The number of carbonyl (C=O) groups is 3. The van der Waals surface area contributed by atoms with Crippen LogP contribution in [-0.4, -0.2) is 33.7 Å². The molecule has 0 aliphatic carbocycles. The lowest BCUT2D eigenvalue weighted by molar-refractivity contribution is -0.140. The number of aryl methyl sites for hydroxylation is 1. The number of amides is 2. The molecule has 3 rings (SSSR count). The number of nitrogens with zero attached hydrogens (tertiary/aromatic N) is 1. The van der Waals surface area contributed by atoms with Crippen LogP contribution in [0.4, 0.5) is 4.79 Å². The maximum absolute atomic E-state index is 12.3. The Morgan fingerprint density at radius 3 is 2.38 bits per heavy atom. The number of halogens is 2. The van der Waals surface area contributed by atoms with E-state index in [1.165, 1.54) is 5.56 Å². The van der Waals surface area contributed by atoms with Crippen LogP contribution in [0.3, 0.4) is 0 Å². The first-order valence-corrected chi connectivity index (χ1v) is 11.4. The van der Waals surface area contributed by atoms with Crippen molar-refractivity contribution in [2.45, 2.75) is 13.5 Å². The molecule has 9 heteroatoms. The van der Waals surface area contributed by atoms with E-state index in [0.717, 1.165) is 40.7 Å². The van der Waals surface area contributed by atoms with Crippen LogP contribution in [0.1, 0.15) is 16.7 Å². The van der Waals surface area contributed by atoms with Crippen molar-refractivity contribution in [1.29, 1.82) is 0 Å². The monoisotopic (exact) mass is 635 g/mol. The van der Waals surface area contributed by atoms with E-state index in [1.54, 1.807) is 6.08 Å². The number of hydrogen-bond acceptors (Lipinski definition) is 5. The van der Waals surface area contributed by atoms with E-state index in [4.69, 9.17) is 9.84 Å². The minimum atomic E-state index is -1.23. The van der Waals surface area contributed by atoms with E-state index >= 15 is 0 Å². The number of carboxylic acids is 1. The van der Waals surface area contributed by atoms with E-state index < -0.39 is 23.7 Å². The second-order valence-electron chi connectivity index (χ2n) is 6.25. The van der Waals surface area contributed by atoms with Gasteiger partial charge in [0.25, 0.3) is 11.1 Å². The van der Waals surface area contributed by atoms with Crippen LogP contribution in [-0.2, 0) is 16.2 Å². The van der Waals surface area contributed by atoms with Gasteiger partial charge in [-0.3, -0.25) is 19.3 Å². The Hall–Kier alpha value is -1.60. The molecule has 2 aromatic rings. The highest BCUT2D eigenvalue weighted by Crippen LogP contribution is 2.35.